The molecule has 4 heterocycles. The number of aromatic nitrogens is 1. The number of likely N-dealkylation sites (tertiary alicyclic amines) is 1. The Kier molecular flexibility index (Phi) is 29.6. The molecule has 5 aromatic rings. The van der Waals surface area contributed by atoms with Crippen LogP contribution in [-0.2, 0) is 89.7 Å². The van der Waals surface area contributed by atoms with Crippen LogP contribution in [0.1, 0.15) is 93.5 Å². The minimum Gasteiger partial charge on any atom is -0.394 e. The van der Waals surface area contributed by atoms with Gasteiger partial charge in [0.1, 0.15) is 60.4 Å². The molecule has 0 aliphatic carbocycles. The highest BCUT2D eigenvalue weighted by atomic mass is 35.5. The van der Waals surface area contributed by atoms with E-state index in [1.807, 2.05) is 54.6 Å². The lowest BCUT2D eigenvalue weighted by atomic mass is 9.99. The molecule has 17 N–H and O–H groups in total. The van der Waals surface area contributed by atoms with Gasteiger partial charge >= 0.3 is 6.03 Å². The first-order valence-corrected chi connectivity index (χ1v) is 35.4. The lowest BCUT2D eigenvalue weighted by molar-refractivity contribution is -0.142. The number of halogens is 1. The van der Waals surface area contributed by atoms with Gasteiger partial charge in [0.05, 0.1) is 19.8 Å². The number of hydrogen-bond acceptors (Lipinski definition) is 17. The molecule has 4 aromatic carbocycles. The normalized spacial score (nSPS) is 17.5. The van der Waals surface area contributed by atoms with Gasteiger partial charge < -0.3 is 80.2 Å². The zero-order chi connectivity index (χ0) is 75.9. The summed E-state index contributed by atoms with van der Waals surface area (Å²) in [6.45, 7) is 7.20. The van der Waals surface area contributed by atoms with Gasteiger partial charge in [-0.05, 0) is 108 Å². The lowest BCUT2D eigenvalue weighted by Crippen LogP contribution is -2.61. The highest BCUT2D eigenvalue weighted by Gasteiger charge is 2.46. The highest BCUT2D eigenvalue weighted by molar-refractivity contribution is 6.30. The van der Waals surface area contributed by atoms with Crippen molar-refractivity contribution in [2.24, 2.45) is 33.8 Å². The summed E-state index contributed by atoms with van der Waals surface area (Å²) in [6.07, 6.45) is 2.04. The molecule has 3 aliphatic heterocycles. The average molecular weight is 1470 g/mol. The number of carbonyl (C=O) groups excluding carboxylic acids is 12. The number of guanidine groups is 1. The molecule has 0 saturated carbocycles. The first-order valence-electron chi connectivity index (χ1n) is 35.0. The van der Waals surface area contributed by atoms with Gasteiger partial charge in [-0.2, -0.15) is 0 Å². The van der Waals surface area contributed by atoms with Crippen molar-refractivity contribution >= 4 is 99.3 Å². The fourth-order valence-electron chi connectivity index (χ4n) is 12.7. The quantitative estimate of drug-likeness (QED) is 0.0103. The van der Waals surface area contributed by atoms with Gasteiger partial charge in [0.2, 0.25) is 59.1 Å². The topological polar surface area (TPSA) is 470 Å². The Morgan fingerprint density at radius 3 is 1.87 bits per heavy atom. The van der Waals surface area contributed by atoms with Crippen LogP contribution in [0.2, 0.25) is 5.02 Å². The fourth-order valence-corrected chi connectivity index (χ4v) is 12.8. The number of carbonyl (C=O) groups is 12. The third-order valence-electron chi connectivity index (χ3n) is 18.3. The Bertz CT molecular complexity index is 3940. The van der Waals surface area contributed by atoms with Crippen molar-refractivity contribution in [3.8, 4) is 0 Å². The van der Waals surface area contributed by atoms with Crippen molar-refractivity contribution in [1.82, 2.24) is 62.2 Å². The smallest absolute Gasteiger partial charge is 0.325 e. The van der Waals surface area contributed by atoms with E-state index in [1.165, 1.54) is 24.2 Å². The second-order valence-corrected chi connectivity index (χ2v) is 27.3. The summed E-state index contributed by atoms with van der Waals surface area (Å²) in [5.74, 6) is -10.1. The van der Waals surface area contributed by atoms with Crippen molar-refractivity contribution in [2.75, 3.05) is 46.0 Å². The van der Waals surface area contributed by atoms with Crippen molar-refractivity contribution in [2.45, 2.75) is 158 Å². The second kappa shape index (κ2) is 38.8. The summed E-state index contributed by atoms with van der Waals surface area (Å²) in [4.78, 5) is 182. The molecule has 3 saturated heterocycles. The van der Waals surface area contributed by atoms with Crippen LogP contribution < -0.4 is 65.5 Å². The number of rotatable bonds is 37. The molecule has 1 aromatic heterocycles. The Morgan fingerprint density at radius 2 is 1.22 bits per heavy atom. The summed E-state index contributed by atoms with van der Waals surface area (Å²) in [5.41, 5.74) is 25.3. The van der Waals surface area contributed by atoms with Crippen LogP contribution in [0.5, 0.6) is 0 Å². The molecule has 0 spiro atoms. The third-order valence-corrected chi connectivity index (χ3v) is 18.6. The molecule has 3 aliphatic rings. The Balaban J connectivity index is 1.03. The van der Waals surface area contributed by atoms with Gasteiger partial charge in [-0.15, -0.1) is 0 Å². The van der Waals surface area contributed by atoms with Crippen LogP contribution in [0.15, 0.2) is 121 Å². The number of aliphatic hydroxyl groups excluding tert-OH is 1. The van der Waals surface area contributed by atoms with Gasteiger partial charge in [0, 0.05) is 82.2 Å². The standard InChI is InChI=1S/C73H94ClN17O14/c1-42(2)33-54(64(96)83-53(12-7-27-80-72(77)78)70(102)90-28-8-13-59(90)68(100)81-43(3)62(76)94)84-65(97)55(35-44-14-16-46(17-15-44)40-89-29-31-105-32-30-89)85-63(95)52(24-25-61(75)93)82-67(99)58(41-92)87-66(98)56(37-48-9-6-26-79-39-48)86-69(101)60(38-45-19-22-51(74)23-20-45)91-71(103)57(88-73(91)104)36-47-18-21-49-10-4-5-11-50(49)34-47/h4-6,9-11,14-23,26,34,39,42-43,52-60,92H,7-8,12-13,24-25,27-33,35-38,40-41H2,1-3H3,(H2,75,93)(H2,76,94)(H,81,100)(H,82,99)(H,83,96)(H,84,97)(H,85,95)(H,86,101)(H,87,98)(H,88,104)(H4,77,78,80)/t43-,52+,53+,54+,55-,56-,57?,58+,59+,60?/m1/s1. The van der Waals surface area contributed by atoms with Crippen LogP contribution in [0.25, 0.3) is 10.8 Å². The van der Waals surface area contributed by atoms with Crippen LogP contribution in [0.4, 0.5) is 4.79 Å². The van der Waals surface area contributed by atoms with Crippen molar-refractivity contribution < 1.29 is 67.4 Å². The molecule has 2 unspecified atom stereocenters. The van der Waals surface area contributed by atoms with E-state index < -0.39 is 151 Å². The number of morpholine rings is 1. The van der Waals surface area contributed by atoms with Crippen molar-refractivity contribution in [1.29, 1.82) is 0 Å². The van der Waals surface area contributed by atoms with E-state index in [9.17, 15) is 57.8 Å². The number of primary amides is 2. The number of ether oxygens (including phenoxy) is 1. The van der Waals surface area contributed by atoms with Crippen LogP contribution in [0, 0.1) is 5.92 Å². The van der Waals surface area contributed by atoms with Crippen LogP contribution in [-0.4, -0.2) is 208 Å². The SMILES string of the molecule is CC(C)C[C@H](NC(=O)[C@@H](Cc1ccc(CN2CCOCC2)cc1)NC(=O)[C@H](CCC(N)=O)NC(=O)[C@H](CO)NC(=O)[C@@H](Cc1cccnc1)NC(=O)C(Cc1ccc(Cl)cc1)N1C(=O)NC(Cc2ccc3ccccc3c2)C1=O)C(=O)N[C@@H](CCCN=C(N)N)C(=O)N1CCC[C@H]1C(=O)N[C@H](C)C(N)=O. The van der Waals surface area contributed by atoms with Crippen LogP contribution >= 0.6 is 11.6 Å². The molecule has 562 valence electrons. The summed E-state index contributed by atoms with van der Waals surface area (Å²) in [7, 11) is 0. The summed E-state index contributed by atoms with van der Waals surface area (Å²) < 4.78 is 5.52. The van der Waals surface area contributed by atoms with Crippen LogP contribution in [0.3, 0.4) is 0 Å². The number of imide groups is 1. The second-order valence-electron chi connectivity index (χ2n) is 26.9. The first-order chi connectivity index (χ1) is 50.2. The Hall–Kier alpha value is -10.6. The molecule has 32 heteroatoms. The van der Waals surface area contributed by atoms with E-state index in [2.05, 4.69) is 57.4 Å². The molecule has 10 atom stereocenters. The van der Waals surface area contributed by atoms with E-state index in [0.29, 0.717) is 61.0 Å². The number of nitrogens with one attached hydrogen (secondary N) is 8. The molecule has 0 bridgehead atoms. The number of hydrogen-bond donors (Lipinski definition) is 13. The van der Waals surface area contributed by atoms with Gasteiger partial charge in [0.25, 0.3) is 5.91 Å². The Labute approximate surface area is 612 Å². The van der Waals surface area contributed by atoms with E-state index in [0.717, 1.165) is 26.8 Å². The zero-order valence-electron chi connectivity index (χ0n) is 58.9. The number of pyridine rings is 1. The van der Waals surface area contributed by atoms with Crippen molar-refractivity contribution in [3.05, 3.63) is 148 Å². The predicted molar refractivity (Wildman–Crippen MR) is 388 cm³/mol. The number of nitrogens with two attached hydrogens (primary N) is 4. The maximum atomic E-state index is 15.1. The summed E-state index contributed by atoms with van der Waals surface area (Å²) >= 11 is 6.24. The highest BCUT2D eigenvalue weighted by Crippen LogP contribution is 2.25. The molecule has 13 amide bonds. The maximum Gasteiger partial charge on any atom is 0.325 e. The number of urea groups is 1. The molecule has 105 heavy (non-hydrogen) atoms. The largest absolute Gasteiger partial charge is 0.394 e. The maximum absolute atomic E-state index is 15.1. The lowest BCUT2D eigenvalue weighted by Gasteiger charge is -2.31. The number of aliphatic hydroxyl groups is 1. The molecular formula is C73H94ClN17O14. The number of fused-ring (bicyclic) bond motifs is 1. The number of aliphatic imine (C=N–C) groups is 1. The minimum absolute atomic E-state index is 0.00548. The number of nitrogens with zero attached hydrogens (tertiary/aromatic N) is 5. The van der Waals surface area contributed by atoms with Gasteiger partial charge in [-0.1, -0.05) is 110 Å². The van der Waals surface area contributed by atoms with E-state index >= 15 is 4.79 Å². The predicted octanol–water partition coefficient (Wildman–Crippen LogP) is -0.473. The Morgan fingerprint density at radius 1 is 0.638 bits per heavy atom. The fraction of sp³-hybridized carbons (Fsp3) is 0.452. The third kappa shape index (κ3) is 23.7. The molecule has 31 nitrogen and oxygen atoms in total. The molecule has 0 radical (unpaired) electrons. The van der Waals surface area contributed by atoms with Crippen molar-refractivity contribution in [3.63, 3.8) is 0 Å². The van der Waals surface area contributed by atoms with Gasteiger partial charge in [0.15, 0.2) is 5.96 Å². The van der Waals surface area contributed by atoms with E-state index in [-0.39, 0.29) is 76.3 Å². The van der Waals surface area contributed by atoms with Gasteiger partial charge in [-0.25, -0.2) is 9.69 Å². The number of amides is 13. The average Bonchev–Trinajstić information content (AvgIpc) is 1.66. The van der Waals surface area contributed by atoms with Gasteiger partial charge in [-0.3, -0.25) is 67.6 Å². The molecule has 3 fully saturated rings. The number of benzene rings is 4. The minimum atomic E-state index is -1.88. The zero-order valence-corrected chi connectivity index (χ0v) is 59.7. The molecule has 8 rings (SSSR count). The monoisotopic (exact) mass is 1470 g/mol. The summed E-state index contributed by atoms with van der Waals surface area (Å²) in [5, 5.41) is 34.3. The first kappa shape index (κ1) is 80.1. The van der Waals surface area contributed by atoms with E-state index in [1.54, 1.807) is 62.4 Å². The molecular weight excluding hydrogens is 1370 g/mol. The summed E-state index contributed by atoms with van der Waals surface area (Å²) in [6, 6.07) is 15.0. The van der Waals surface area contributed by atoms with E-state index in [4.69, 9.17) is 39.3 Å².